The second kappa shape index (κ2) is 8.13. The lowest BCUT2D eigenvalue weighted by Gasteiger charge is -2.23. The third-order valence-electron chi connectivity index (χ3n) is 4.60. The molecule has 2 N–H and O–H groups in total. The second-order valence-electron chi connectivity index (χ2n) is 6.96. The van der Waals surface area contributed by atoms with Crippen molar-refractivity contribution >= 4 is 17.5 Å². The zero-order valence-corrected chi connectivity index (χ0v) is 15.7. The molecule has 2 amide bonds. The van der Waals surface area contributed by atoms with Gasteiger partial charge in [0.15, 0.2) is 0 Å². The van der Waals surface area contributed by atoms with Gasteiger partial charge in [-0.25, -0.2) is 4.39 Å². The van der Waals surface area contributed by atoms with Crippen LogP contribution in [0.2, 0.25) is 0 Å². The van der Waals surface area contributed by atoms with Crippen molar-refractivity contribution in [3.63, 3.8) is 0 Å². The standard InChI is InChI=1S/C21H25FN2O2/c1-14-6-5-7-18(15(14)2)24-20(26)21(3,4)19(25)23-13-12-16-8-10-17(22)11-9-16/h5-11H,12-13H2,1-4H3,(H,23,25)(H,24,26). The first-order valence-electron chi connectivity index (χ1n) is 8.62. The van der Waals surface area contributed by atoms with Gasteiger partial charge in [-0.05, 0) is 69.0 Å². The number of aryl methyl sites for hydroxylation is 1. The number of amides is 2. The molecule has 0 saturated carbocycles. The smallest absolute Gasteiger partial charge is 0.239 e. The van der Waals surface area contributed by atoms with Crippen molar-refractivity contribution in [2.24, 2.45) is 5.41 Å². The molecule has 138 valence electrons. The van der Waals surface area contributed by atoms with Gasteiger partial charge in [0.05, 0.1) is 0 Å². The summed E-state index contributed by atoms with van der Waals surface area (Å²) in [6.45, 7) is 7.48. The van der Waals surface area contributed by atoms with Gasteiger partial charge in [-0.2, -0.15) is 0 Å². The highest BCUT2D eigenvalue weighted by Gasteiger charge is 2.36. The fourth-order valence-electron chi connectivity index (χ4n) is 2.46. The molecule has 0 spiro atoms. The summed E-state index contributed by atoms with van der Waals surface area (Å²) in [5.74, 6) is -0.991. The summed E-state index contributed by atoms with van der Waals surface area (Å²) in [5, 5.41) is 5.63. The first-order chi connectivity index (χ1) is 12.2. The molecule has 0 atom stereocenters. The minimum absolute atomic E-state index is 0.290. The molecule has 0 heterocycles. The van der Waals surface area contributed by atoms with Gasteiger partial charge in [0.25, 0.3) is 0 Å². The fraction of sp³-hybridized carbons (Fsp3) is 0.333. The highest BCUT2D eigenvalue weighted by Crippen LogP contribution is 2.23. The molecule has 0 aliphatic heterocycles. The van der Waals surface area contributed by atoms with Crippen LogP contribution in [0.15, 0.2) is 42.5 Å². The number of benzene rings is 2. The molecule has 2 rings (SSSR count). The van der Waals surface area contributed by atoms with Gasteiger partial charge in [-0.3, -0.25) is 9.59 Å². The Labute approximate surface area is 153 Å². The average molecular weight is 356 g/mol. The molecule has 5 heteroatoms. The molecule has 0 fully saturated rings. The van der Waals surface area contributed by atoms with Crippen LogP contribution in [0.1, 0.15) is 30.5 Å². The quantitative estimate of drug-likeness (QED) is 0.774. The van der Waals surface area contributed by atoms with Gasteiger partial charge in [0.2, 0.25) is 11.8 Å². The molecule has 0 unspecified atom stereocenters. The fourth-order valence-corrected chi connectivity index (χ4v) is 2.46. The molecule has 26 heavy (non-hydrogen) atoms. The minimum Gasteiger partial charge on any atom is -0.355 e. The van der Waals surface area contributed by atoms with E-state index >= 15 is 0 Å². The predicted molar refractivity (Wildman–Crippen MR) is 101 cm³/mol. The lowest BCUT2D eigenvalue weighted by atomic mass is 9.90. The summed E-state index contributed by atoms with van der Waals surface area (Å²) < 4.78 is 12.9. The van der Waals surface area contributed by atoms with Gasteiger partial charge in [-0.15, -0.1) is 0 Å². The molecule has 0 bridgehead atoms. The van der Waals surface area contributed by atoms with Crippen molar-refractivity contribution in [2.75, 3.05) is 11.9 Å². The molecule has 0 aliphatic carbocycles. The Morgan fingerprint density at radius 3 is 2.31 bits per heavy atom. The van der Waals surface area contributed by atoms with E-state index in [1.165, 1.54) is 12.1 Å². The number of anilines is 1. The number of carbonyl (C=O) groups excluding carboxylic acids is 2. The lowest BCUT2D eigenvalue weighted by Crippen LogP contribution is -2.45. The van der Waals surface area contributed by atoms with Crippen molar-refractivity contribution < 1.29 is 14.0 Å². The van der Waals surface area contributed by atoms with Crippen molar-refractivity contribution in [3.8, 4) is 0 Å². The van der Waals surface area contributed by atoms with E-state index in [4.69, 9.17) is 0 Å². The summed E-state index contributed by atoms with van der Waals surface area (Å²) in [6.07, 6.45) is 0.570. The van der Waals surface area contributed by atoms with Crippen LogP contribution in [0.3, 0.4) is 0 Å². The highest BCUT2D eigenvalue weighted by molar-refractivity contribution is 6.10. The summed E-state index contributed by atoms with van der Waals surface area (Å²) in [6, 6.07) is 11.8. The maximum absolute atomic E-state index is 12.9. The topological polar surface area (TPSA) is 58.2 Å². The van der Waals surface area contributed by atoms with E-state index in [1.807, 2.05) is 32.0 Å². The molecule has 4 nitrogen and oxygen atoms in total. The van der Waals surface area contributed by atoms with Crippen molar-refractivity contribution in [1.29, 1.82) is 0 Å². The number of hydrogen-bond donors (Lipinski definition) is 2. The molecule has 0 aliphatic rings. The Balaban J connectivity index is 1.94. The van der Waals surface area contributed by atoms with Crippen LogP contribution in [0.5, 0.6) is 0 Å². The normalized spacial score (nSPS) is 11.1. The zero-order valence-electron chi connectivity index (χ0n) is 15.7. The molecule has 2 aromatic carbocycles. The van der Waals surface area contributed by atoms with Crippen LogP contribution in [0, 0.1) is 25.1 Å². The molecular formula is C21H25FN2O2. The maximum Gasteiger partial charge on any atom is 0.239 e. The Morgan fingerprint density at radius 2 is 1.65 bits per heavy atom. The predicted octanol–water partition coefficient (Wildman–Crippen LogP) is 3.77. The van der Waals surface area contributed by atoms with Gasteiger partial charge in [0, 0.05) is 12.2 Å². The van der Waals surface area contributed by atoms with Crippen molar-refractivity contribution in [3.05, 3.63) is 65.0 Å². The number of rotatable bonds is 6. The van der Waals surface area contributed by atoms with Crippen LogP contribution >= 0.6 is 0 Å². The Kier molecular flexibility index (Phi) is 6.14. The SMILES string of the molecule is Cc1cccc(NC(=O)C(C)(C)C(=O)NCCc2ccc(F)cc2)c1C. The molecule has 0 saturated heterocycles. The number of hydrogen-bond acceptors (Lipinski definition) is 2. The van der Waals surface area contributed by atoms with E-state index in [9.17, 15) is 14.0 Å². The van der Waals surface area contributed by atoms with Gasteiger partial charge >= 0.3 is 0 Å². The van der Waals surface area contributed by atoms with E-state index < -0.39 is 5.41 Å². The van der Waals surface area contributed by atoms with Crippen LogP contribution in [0.25, 0.3) is 0 Å². The number of nitrogens with one attached hydrogen (secondary N) is 2. The zero-order chi connectivity index (χ0) is 19.3. The summed E-state index contributed by atoms with van der Waals surface area (Å²) >= 11 is 0. The van der Waals surface area contributed by atoms with Crippen molar-refractivity contribution in [2.45, 2.75) is 34.1 Å². The Bertz CT molecular complexity index is 798. The largest absolute Gasteiger partial charge is 0.355 e. The highest BCUT2D eigenvalue weighted by atomic mass is 19.1. The van der Waals surface area contributed by atoms with E-state index in [0.717, 1.165) is 16.7 Å². The average Bonchev–Trinajstić information content (AvgIpc) is 2.60. The first kappa shape index (κ1) is 19.6. The maximum atomic E-state index is 12.9. The van der Waals surface area contributed by atoms with Crippen LogP contribution in [-0.2, 0) is 16.0 Å². The van der Waals surface area contributed by atoms with Gasteiger partial charge in [0.1, 0.15) is 11.2 Å². The van der Waals surface area contributed by atoms with Gasteiger partial charge in [-0.1, -0.05) is 24.3 Å². The minimum atomic E-state index is -1.21. The third kappa shape index (κ3) is 4.69. The Hall–Kier alpha value is -2.69. The summed E-state index contributed by atoms with van der Waals surface area (Å²) in [5.41, 5.74) is 2.48. The molecular weight excluding hydrogens is 331 g/mol. The second-order valence-corrected chi connectivity index (χ2v) is 6.96. The number of halogens is 1. The molecule has 2 aromatic rings. The number of carbonyl (C=O) groups is 2. The molecule has 0 aromatic heterocycles. The van der Waals surface area contributed by atoms with Crippen LogP contribution in [-0.4, -0.2) is 18.4 Å². The monoisotopic (exact) mass is 356 g/mol. The first-order valence-corrected chi connectivity index (χ1v) is 8.62. The Morgan fingerprint density at radius 1 is 1.00 bits per heavy atom. The third-order valence-corrected chi connectivity index (χ3v) is 4.60. The molecule has 0 radical (unpaired) electrons. The van der Waals surface area contributed by atoms with E-state index in [-0.39, 0.29) is 17.6 Å². The van der Waals surface area contributed by atoms with E-state index in [0.29, 0.717) is 18.7 Å². The van der Waals surface area contributed by atoms with E-state index in [1.54, 1.807) is 26.0 Å². The van der Waals surface area contributed by atoms with Crippen LogP contribution < -0.4 is 10.6 Å². The summed E-state index contributed by atoms with van der Waals surface area (Å²) in [4.78, 5) is 25.1. The van der Waals surface area contributed by atoms with E-state index in [2.05, 4.69) is 10.6 Å². The van der Waals surface area contributed by atoms with Crippen molar-refractivity contribution in [1.82, 2.24) is 5.32 Å². The van der Waals surface area contributed by atoms with Gasteiger partial charge < -0.3 is 10.6 Å². The van der Waals surface area contributed by atoms with Crippen LogP contribution in [0.4, 0.5) is 10.1 Å². The lowest BCUT2D eigenvalue weighted by molar-refractivity contribution is -0.138. The summed E-state index contributed by atoms with van der Waals surface area (Å²) in [7, 11) is 0.